The molecular formula is C20H29N5OS. The van der Waals surface area contributed by atoms with Gasteiger partial charge >= 0.3 is 0 Å². The number of nitrogens with one attached hydrogen (secondary N) is 1. The molecule has 2 atom stereocenters. The fourth-order valence-corrected chi connectivity index (χ4v) is 3.95. The summed E-state index contributed by atoms with van der Waals surface area (Å²) in [7, 11) is 5.94. The fraction of sp³-hybridized carbons (Fsp3) is 0.500. The number of thiocarbonyl (C=S) groups is 1. The van der Waals surface area contributed by atoms with E-state index in [-0.39, 0.29) is 12.1 Å². The van der Waals surface area contributed by atoms with E-state index in [9.17, 15) is 0 Å². The molecule has 1 N–H and O–H groups in total. The van der Waals surface area contributed by atoms with Gasteiger partial charge in [0.2, 0.25) is 0 Å². The minimum atomic E-state index is 0.0363. The highest BCUT2D eigenvalue weighted by molar-refractivity contribution is 7.80. The van der Waals surface area contributed by atoms with Crippen LogP contribution >= 0.6 is 12.2 Å². The predicted molar refractivity (Wildman–Crippen MR) is 112 cm³/mol. The van der Waals surface area contributed by atoms with Crippen molar-refractivity contribution in [3.63, 3.8) is 0 Å². The molecular weight excluding hydrogens is 358 g/mol. The molecule has 0 aliphatic carbocycles. The summed E-state index contributed by atoms with van der Waals surface area (Å²) >= 11 is 5.72. The van der Waals surface area contributed by atoms with Crippen molar-refractivity contribution in [2.45, 2.75) is 25.0 Å². The quantitative estimate of drug-likeness (QED) is 0.667. The molecule has 2 aromatic rings. The first-order valence-electron chi connectivity index (χ1n) is 9.38. The number of nitrogens with zero attached hydrogens (tertiary/aromatic N) is 4. The lowest BCUT2D eigenvalue weighted by Crippen LogP contribution is -2.33. The van der Waals surface area contributed by atoms with Crippen molar-refractivity contribution in [3.8, 4) is 0 Å². The zero-order chi connectivity index (χ0) is 19.2. The summed E-state index contributed by atoms with van der Waals surface area (Å²) < 4.78 is 7.55. The van der Waals surface area contributed by atoms with Crippen LogP contribution in [0.4, 0.5) is 0 Å². The number of pyridine rings is 1. The van der Waals surface area contributed by atoms with E-state index in [2.05, 4.69) is 63.2 Å². The number of hydrogen-bond donors (Lipinski definition) is 1. The standard InChI is InChI=1S/C20H29N5OS/c1-23(2)11-7-13-25-19(17-9-6-12-24(17)14-15-26-3)18(22-20(25)27)16-8-4-5-10-21-16/h4-6,8-10,12,18-19H,7,11,13-15H2,1-3H3,(H,22,27)/t18-,19-/m0/s1. The maximum absolute atomic E-state index is 5.72. The van der Waals surface area contributed by atoms with Crippen LogP contribution < -0.4 is 5.32 Å². The predicted octanol–water partition coefficient (Wildman–Crippen LogP) is 2.45. The number of methoxy groups -OCH3 is 1. The zero-order valence-corrected chi connectivity index (χ0v) is 17.2. The second kappa shape index (κ2) is 9.30. The molecule has 0 saturated carbocycles. The largest absolute Gasteiger partial charge is 0.383 e. The van der Waals surface area contributed by atoms with Crippen LogP contribution in [0.3, 0.4) is 0 Å². The molecule has 0 spiro atoms. The van der Waals surface area contributed by atoms with Gasteiger partial charge in [0.15, 0.2) is 5.11 Å². The number of rotatable bonds is 9. The first-order valence-corrected chi connectivity index (χ1v) is 9.79. The molecule has 1 aliphatic heterocycles. The van der Waals surface area contributed by atoms with E-state index in [1.165, 1.54) is 5.69 Å². The highest BCUT2D eigenvalue weighted by Crippen LogP contribution is 2.38. The lowest BCUT2D eigenvalue weighted by Gasteiger charge is -2.29. The lowest BCUT2D eigenvalue weighted by molar-refractivity contribution is 0.183. The van der Waals surface area contributed by atoms with Crippen molar-refractivity contribution < 1.29 is 4.74 Å². The first kappa shape index (κ1) is 19.8. The van der Waals surface area contributed by atoms with Crippen molar-refractivity contribution in [2.24, 2.45) is 0 Å². The lowest BCUT2D eigenvalue weighted by atomic mass is 10.0. The second-order valence-corrected chi connectivity index (χ2v) is 7.48. The average molecular weight is 388 g/mol. The third-order valence-corrected chi connectivity index (χ3v) is 5.26. The van der Waals surface area contributed by atoms with Gasteiger partial charge < -0.3 is 24.4 Å². The fourth-order valence-electron chi connectivity index (χ4n) is 3.61. The van der Waals surface area contributed by atoms with Crippen LogP contribution in [0.5, 0.6) is 0 Å². The Morgan fingerprint density at radius 3 is 2.78 bits per heavy atom. The van der Waals surface area contributed by atoms with Gasteiger partial charge in [0, 0.05) is 38.3 Å². The summed E-state index contributed by atoms with van der Waals surface area (Å²) in [5.74, 6) is 0. The molecule has 1 saturated heterocycles. The van der Waals surface area contributed by atoms with Gasteiger partial charge in [-0.05, 0) is 63.5 Å². The van der Waals surface area contributed by atoms with Gasteiger partial charge in [-0.2, -0.15) is 0 Å². The summed E-state index contributed by atoms with van der Waals surface area (Å²) in [5, 5.41) is 4.32. The summed E-state index contributed by atoms with van der Waals surface area (Å²) in [5.41, 5.74) is 2.25. The van der Waals surface area contributed by atoms with Gasteiger partial charge in [0.1, 0.15) is 0 Å². The average Bonchev–Trinajstić information content (AvgIpc) is 3.24. The molecule has 0 amide bonds. The third kappa shape index (κ3) is 4.66. The molecule has 3 rings (SSSR count). The maximum Gasteiger partial charge on any atom is 0.170 e. The number of hydrogen-bond acceptors (Lipinski definition) is 4. The summed E-state index contributed by atoms with van der Waals surface area (Å²) in [6, 6.07) is 10.5. The molecule has 2 aromatic heterocycles. The van der Waals surface area contributed by atoms with E-state index in [0.717, 1.165) is 36.9 Å². The highest BCUT2D eigenvalue weighted by Gasteiger charge is 2.40. The third-order valence-electron chi connectivity index (χ3n) is 4.91. The van der Waals surface area contributed by atoms with E-state index in [4.69, 9.17) is 17.0 Å². The van der Waals surface area contributed by atoms with Crippen molar-refractivity contribution in [2.75, 3.05) is 40.9 Å². The minimum absolute atomic E-state index is 0.0363. The summed E-state index contributed by atoms with van der Waals surface area (Å²) in [6.07, 6.45) is 5.01. The minimum Gasteiger partial charge on any atom is -0.383 e. The van der Waals surface area contributed by atoms with Crippen LogP contribution in [-0.4, -0.2) is 65.4 Å². The van der Waals surface area contributed by atoms with E-state index >= 15 is 0 Å². The van der Waals surface area contributed by atoms with Crippen molar-refractivity contribution in [1.82, 2.24) is 24.7 Å². The highest BCUT2D eigenvalue weighted by atomic mass is 32.1. The van der Waals surface area contributed by atoms with Gasteiger partial charge in [-0.1, -0.05) is 6.07 Å². The Bertz CT molecular complexity index is 733. The number of aromatic nitrogens is 2. The monoisotopic (exact) mass is 387 g/mol. The van der Waals surface area contributed by atoms with E-state index in [0.29, 0.717) is 6.61 Å². The summed E-state index contributed by atoms with van der Waals surface area (Å²) in [6.45, 7) is 3.45. The topological polar surface area (TPSA) is 45.6 Å². The van der Waals surface area contributed by atoms with Crippen LogP contribution in [0, 0.1) is 0 Å². The molecule has 146 valence electrons. The van der Waals surface area contributed by atoms with E-state index < -0.39 is 0 Å². The van der Waals surface area contributed by atoms with Crippen LogP contribution in [-0.2, 0) is 11.3 Å². The molecule has 3 heterocycles. The zero-order valence-electron chi connectivity index (χ0n) is 16.3. The Morgan fingerprint density at radius 1 is 1.22 bits per heavy atom. The Morgan fingerprint density at radius 2 is 2.07 bits per heavy atom. The molecule has 0 aromatic carbocycles. The molecule has 7 heteroatoms. The van der Waals surface area contributed by atoms with Gasteiger partial charge in [-0.15, -0.1) is 0 Å². The normalized spacial score (nSPS) is 19.7. The van der Waals surface area contributed by atoms with Crippen LogP contribution in [0.25, 0.3) is 0 Å². The molecule has 1 aliphatic rings. The molecule has 27 heavy (non-hydrogen) atoms. The van der Waals surface area contributed by atoms with Crippen LogP contribution in [0.2, 0.25) is 0 Å². The molecule has 0 radical (unpaired) electrons. The Balaban J connectivity index is 1.90. The summed E-state index contributed by atoms with van der Waals surface area (Å²) in [4.78, 5) is 9.12. The van der Waals surface area contributed by atoms with Crippen LogP contribution in [0.1, 0.15) is 29.9 Å². The van der Waals surface area contributed by atoms with Crippen molar-refractivity contribution in [3.05, 3.63) is 54.1 Å². The molecule has 1 fully saturated rings. The Labute approximate surface area is 167 Å². The Hall–Kier alpha value is -1.96. The van der Waals surface area contributed by atoms with Crippen LogP contribution in [0.15, 0.2) is 42.7 Å². The van der Waals surface area contributed by atoms with E-state index in [1.54, 1.807) is 7.11 Å². The number of ether oxygens (including phenoxy) is 1. The van der Waals surface area contributed by atoms with Crippen molar-refractivity contribution in [1.29, 1.82) is 0 Å². The SMILES string of the molecule is COCCn1cccc1[C@H]1[C@H](c2ccccn2)NC(=S)N1CCCN(C)C. The second-order valence-electron chi connectivity index (χ2n) is 7.10. The first-order chi connectivity index (χ1) is 13.1. The smallest absolute Gasteiger partial charge is 0.170 e. The van der Waals surface area contributed by atoms with Gasteiger partial charge in [-0.25, -0.2) is 0 Å². The Kier molecular flexibility index (Phi) is 6.82. The van der Waals surface area contributed by atoms with Crippen molar-refractivity contribution >= 4 is 17.3 Å². The van der Waals surface area contributed by atoms with E-state index in [1.807, 2.05) is 18.3 Å². The molecule has 0 bridgehead atoms. The molecule has 0 unspecified atom stereocenters. The van der Waals surface area contributed by atoms with Gasteiger partial charge in [-0.3, -0.25) is 4.98 Å². The maximum atomic E-state index is 5.72. The van der Waals surface area contributed by atoms with Gasteiger partial charge in [0.05, 0.1) is 24.4 Å². The van der Waals surface area contributed by atoms with Gasteiger partial charge in [0.25, 0.3) is 0 Å². The molecule has 6 nitrogen and oxygen atoms in total.